The van der Waals surface area contributed by atoms with E-state index in [1.165, 1.54) is 0 Å². The van der Waals surface area contributed by atoms with Gasteiger partial charge in [0.1, 0.15) is 5.58 Å². The number of aliphatic carboxylic acids is 1. The topological polar surface area (TPSA) is 70.8 Å². The molecule has 22 heavy (non-hydrogen) atoms. The molecule has 0 aliphatic heterocycles. The number of nitrogens with zero attached hydrogens (tertiary/aromatic N) is 1. The van der Waals surface area contributed by atoms with Crippen LogP contribution in [0, 0.1) is 13.8 Å². The Labute approximate surface area is 129 Å². The highest BCUT2D eigenvalue weighted by molar-refractivity contribution is 5.89. The van der Waals surface area contributed by atoms with E-state index in [0.29, 0.717) is 6.54 Å². The van der Waals surface area contributed by atoms with Gasteiger partial charge in [-0.3, -0.25) is 9.59 Å². The summed E-state index contributed by atoms with van der Waals surface area (Å²) in [7, 11) is 0. The lowest BCUT2D eigenvalue weighted by Gasteiger charge is -2.19. The molecule has 2 aromatic rings. The number of rotatable bonds is 6. The predicted octanol–water partition coefficient (Wildman–Crippen LogP) is 2.92. The molecule has 0 atom stereocenters. The number of aryl methyl sites for hydroxylation is 2. The number of amides is 1. The lowest BCUT2D eigenvalue weighted by molar-refractivity contribution is -0.138. The monoisotopic (exact) mass is 303 g/mol. The second kappa shape index (κ2) is 6.64. The average molecular weight is 303 g/mol. The van der Waals surface area contributed by atoms with Crippen molar-refractivity contribution in [3.8, 4) is 0 Å². The summed E-state index contributed by atoms with van der Waals surface area (Å²) >= 11 is 0. The van der Waals surface area contributed by atoms with Gasteiger partial charge in [-0.25, -0.2) is 0 Å². The van der Waals surface area contributed by atoms with E-state index < -0.39 is 5.97 Å². The number of benzene rings is 1. The minimum absolute atomic E-state index is 0.0377. The molecule has 1 amide bonds. The third-order valence-electron chi connectivity index (χ3n) is 4.01. The van der Waals surface area contributed by atoms with Crippen LogP contribution in [-0.4, -0.2) is 35.0 Å². The van der Waals surface area contributed by atoms with Crippen LogP contribution < -0.4 is 0 Å². The molecule has 5 nitrogen and oxygen atoms in total. The Balaban J connectivity index is 2.17. The lowest BCUT2D eigenvalue weighted by Crippen LogP contribution is -2.33. The van der Waals surface area contributed by atoms with E-state index in [4.69, 9.17) is 9.52 Å². The number of carboxylic acid groups (broad SMARTS) is 1. The Morgan fingerprint density at radius 2 is 2.00 bits per heavy atom. The van der Waals surface area contributed by atoms with Gasteiger partial charge in [-0.05, 0) is 31.9 Å². The van der Waals surface area contributed by atoms with Crippen LogP contribution >= 0.6 is 0 Å². The summed E-state index contributed by atoms with van der Waals surface area (Å²) in [5.41, 5.74) is 3.89. The van der Waals surface area contributed by atoms with Crippen LogP contribution in [0.4, 0.5) is 0 Å². The maximum atomic E-state index is 12.3. The quantitative estimate of drug-likeness (QED) is 0.890. The first-order valence-corrected chi connectivity index (χ1v) is 7.39. The second-order valence-electron chi connectivity index (χ2n) is 5.44. The number of hydrogen-bond donors (Lipinski definition) is 1. The molecule has 0 saturated carbocycles. The van der Waals surface area contributed by atoms with Crippen molar-refractivity contribution in [1.29, 1.82) is 0 Å². The maximum Gasteiger partial charge on any atom is 0.305 e. The third-order valence-corrected chi connectivity index (χ3v) is 4.01. The number of carbonyl (C=O) groups excluding carboxylic acids is 1. The Bertz CT molecular complexity index is 702. The van der Waals surface area contributed by atoms with Gasteiger partial charge in [0.2, 0.25) is 5.91 Å². The van der Waals surface area contributed by atoms with Gasteiger partial charge in [0.15, 0.2) is 0 Å². The van der Waals surface area contributed by atoms with Crippen molar-refractivity contribution in [1.82, 2.24) is 4.90 Å². The number of fused-ring (bicyclic) bond motifs is 1. The molecule has 0 aliphatic carbocycles. The molecule has 0 fully saturated rings. The fourth-order valence-electron chi connectivity index (χ4n) is 2.49. The summed E-state index contributed by atoms with van der Waals surface area (Å²) in [4.78, 5) is 24.6. The molecule has 0 unspecified atom stereocenters. The zero-order valence-electron chi connectivity index (χ0n) is 13.2. The first kappa shape index (κ1) is 16.1. The minimum atomic E-state index is -0.897. The zero-order chi connectivity index (χ0) is 16.3. The molecule has 1 aromatic carbocycles. The zero-order valence-corrected chi connectivity index (χ0v) is 13.2. The fraction of sp³-hybridized carbons (Fsp3) is 0.412. The van der Waals surface area contributed by atoms with Gasteiger partial charge in [-0.1, -0.05) is 12.1 Å². The molecule has 0 aliphatic rings. The second-order valence-corrected chi connectivity index (χ2v) is 5.44. The molecule has 1 aromatic heterocycles. The molecular weight excluding hydrogens is 282 g/mol. The van der Waals surface area contributed by atoms with E-state index in [9.17, 15) is 9.59 Å². The Morgan fingerprint density at radius 1 is 1.27 bits per heavy atom. The third kappa shape index (κ3) is 3.30. The standard InChI is InChI=1S/C17H21NO4/c1-4-18(8-7-16(20)21)15(19)9-13-10-22-17-12(3)11(2)5-6-14(13)17/h5-6,10H,4,7-9H2,1-3H3,(H,20,21). The van der Waals surface area contributed by atoms with Crippen LogP contribution in [-0.2, 0) is 16.0 Å². The average Bonchev–Trinajstić information content (AvgIpc) is 2.87. The maximum absolute atomic E-state index is 12.3. The van der Waals surface area contributed by atoms with Gasteiger partial charge in [-0.2, -0.15) is 0 Å². The summed E-state index contributed by atoms with van der Waals surface area (Å²) in [5, 5.41) is 9.69. The number of carboxylic acids is 1. The number of carbonyl (C=O) groups is 2. The van der Waals surface area contributed by atoms with Crippen molar-refractivity contribution in [2.75, 3.05) is 13.1 Å². The highest BCUT2D eigenvalue weighted by Gasteiger charge is 2.17. The highest BCUT2D eigenvalue weighted by atomic mass is 16.4. The van der Waals surface area contributed by atoms with Crippen molar-refractivity contribution in [2.45, 2.75) is 33.6 Å². The van der Waals surface area contributed by atoms with E-state index in [-0.39, 0.29) is 25.3 Å². The van der Waals surface area contributed by atoms with Crippen molar-refractivity contribution >= 4 is 22.8 Å². The molecule has 1 heterocycles. The first-order valence-electron chi connectivity index (χ1n) is 7.39. The van der Waals surface area contributed by atoms with Crippen molar-refractivity contribution < 1.29 is 19.1 Å². The Morgan fingerprint density at radius 3 is 2.64 bits per heavy atom. The van der Waals surface area contributed by atoms with Gasteiger partial charge in [0.05, 0.1) is 19.1 Å². The summed E-state index contributed by atoms with van der Waals surface area (Å²) in [6.45, 7) is 6.60. The number of furan rings is 1. The van der Waals surface area contributed by atoms with E-state index in [1.807, 2.05) is 32.9 Å². The van der Waals surface area contributed by atoms with Gasteiger partial charge in [0, 0.05) is 24.0 Å². The van der Waals surface area contributed by atoms with Crippen LogP contribution in [0.2, 0.25) is 0 Å². The largest absolute Gasteiger partial charge is 0.481 e. The summed E-state index contributed by atoms with van der Waals surface area (Å²) in [5.74, 6) is -0.976. The normalized spacial score (nSPS) is 10.9. The summed E-state index contributed by atoms with van der Waals surface area (Å²) in [6.07, 6.45) is 1.81. The smallest absolute Gasteiger partial charge is 0.305 e. The predicted molar refractivity (Wildman–Crippen MR) is 83.9 cm³/mol. The number of likely N-dealkylation sites (N-methyl/N-ethyl adjacent to an activating group) is 1. The Hall–Kier alpha value is -2.30. The van der Waals surface area contributed by atoms with E-state index in [2.05, 4.69) is 0 Å². The molecule has 0 bridgehead atoms. The minimum Gasteiger partial charge on any atom is -0.481 e. The molecule has 1 N–H and O–H groups in total. The summed E-state index contributed by atoms with van der Waals surface area (Å²) < 4.78 is 5.61. The van der Waals surface area contributed by atoms with E-state index in [1.54, 1.807) is 11.2 Å². The van der Waals surface area contributed by atoms with Gasteiger partial charge < -0.3 is 14.4 Å². The number of hydrogen-bond acceptors (Lipinski definition) is 3. The van der Waals surface area contributed by atoms with Crippen LogP contribution in [0.1, 0.15) is 30.0 Å². The van der Waals surface area contributed by atoms with Crippen LogP contribution in [0.5, 0.6) is 0 Å². The molecule has 2 rings (SSSR count). The van der Waals surface area contributed by atoms with Gasteiger partial charge >= 0.3 is 5.97 Å². The van der Waals surface area contributed by atoms with E-state index >= 15 is 0 Å². The summed E-state index contributed by atoms with van der Waals surface area (Å²) in [6, 6.07) is 3.99. The molecule has 0 spiro atoms. The molecule has 5 heteroatoms. The van der Waals surface area contributed by atoms with Crippen molar-refractivity contribution in [3.63, 3.8) is 0 Å². The van der Waals surface area contributed by atoms with Crippen molar-refractivity contribution in [2.24, 2.45) is 0 Å². The van der Waals surface area contributed by atoms with Crippen LogP contribution in [0.3, 0.4) is 0 Å². The van der Waals surface area contributed by atoms with Gasteiger partial charge in [0.25, 0.3) is 0 Å². The van der Waals surface area contributed by atoms with Crippen molar-refractivity contribution in [3.05, 3.63) is 35.1 Å². The molecule has 0 radical (unpaired) electrons. The first-order chi connectivity index (χ1) is 10.4. The Kier molecular flexibility index (Phi) is 4.85. The lowest BCUT2D eigenvalue weighted by atomic mass is 10.0. The van der Waals surface area contributed by atoms with E-state index in [0.717, 1.165) is 27.7 Å². The van der Waals surface area contributed by atoms with Crippen LogP contribution in [0.25, 0.3) is 11.0 Å². The highest BCUT2D eigenvalue weighted by Crippen LogP contribution is 2.27. The fourth-order valence-corrected chi connectivity index (χ4v) is 2.49. The van der Waals surface area contributed by atoms with Gasteiger partial charge in [-0.15, -0.1) is 0 Å². The molecule has 0 saturated heterocycles. The van der Waals surface area contributed by atoms with Crippen LogP contribution in [0.15, 0.2) is 22.8 Å². The molecule has 118 valence electrons. The molecular formula is C17H21NO4. The SMILES string of the molecule is CCN(CCC(=O)O)C(=O)Cc1coc2c(C)c(C)ccc12.